The average molecular weight is 484 g/mol. The van der Waals surface area contributed by atoms with Gasteiger partial charge in [0.25, 0.3) is 5.91 Å². The van der Waals surface area contributed by atoms with Gasteiger partial charge in [0.2, 0.25) is 0 Å². The zero-order chi connectivity index (χ0) is 20.1. The van der Waals surface area contributed by atoms with Gasteiger partial charge in [-0.05, 0) is 62.7 Å². The largest absolute Gasteiger partial charge is 0.493 e. The number of methoxy groups -OCH3 is 1. The molecule has 5 nitrogen and oxygen atoms in total. The highest BCUT2D eigenvalue weighted by molar-refractivity contribution is 14.1. The predicted molar refractivity (Wildman–Crippen MR) is 117 cm³/mol. The Kier molecular flexibility index (Phi) is 6.16. The molecule has 0 bridgehead atoms. The maximum absolute atomic E-state index is 11.3. The smallest absolute Gasteiger partial charge is 0.259 e. The van der Waals surface area contributed by atoms with Gasteiger partial charge in [0, 0.05) is 0 Å². The van der Waals surface area contributed by atoms with E-state index in [-0.39, 0.29) is 5.57 Å². The normalized spacial score (nSPS) is 11.1. The van der Waals surface area contributed by atoms with Crippen molar-refractivity contribution in [3.8, 4) is 17.6 Å². The van der Waals surface area contributed by atoms with Crippen molar-refractivity contribution in [3.05, 3.63) is 74.9 Å². The zero-order valence-electron chi connectivity index (χ0n) is 15.1. The highest BCUT2D eigenvalue weighted by atomic mass is 127. The van der Waals surface area contributed by atoms with Crippen LogP contribution in [0.25, 0.3) is 16.8 Å². The molecule has 0 saturated carbocycles. The van der Waals surface area contributed by atoms with E-state index in [0.717, 1.165) is 19.9 Å². The summed E-state index contributed by atoms with van der Waals surface area (Å²) in [4.78, 5) is 11.3. The van der Waals surface area contributed by atoms with Crippen LogP contribution in [-0.2, 0) is 11.4 Å². The monoisotopic (exact) mass is 484 g/mol. The first kappa shape index (κ1) is 19.7. The van der Waals surface area contributed by atoms with Gasteiger partial charge in [-0.25, -0.2) is 0 Å². The Hall–Kier alpha value is -3.05. The van der Waals surface area contributed by atoms with Crippen molar-refractivity contribution < 1.29 is 14.3 Å². The first-order valence-electron chi connectivity index (χ1n) is 8.42. The van der Waals surface area contributed by atoms with Crippen molar-refractivity contribution >= 4 is 45.3 Å². The van der Waals surface area contributed by atoms with Gasteiger partial charge in [0.05, 0.1) is 10.7 Å². The first-order valence-corrected chi connectivity index (χ1v) is 9.50. The van der Waals surface area contributed by atoms with E-state index < -0.39 is 5.91 Å². The van der Waals surface area contributed by atoms with Crippen LogP contribution in [0.4, 0.5) is 0 Å². The van der Waals surface area contributed by atoms with Crippen molar-refractivity contribution in [1.29, 1.82) is 5.26 Å². The molecule has 140 valence electrons. The van der Waals surface area contributed by atoms with Gasteiger partial charge in [-0.15, -0.1) is 0 Å². The highest BCUT2D eigenvalue weighted by Crippen LogP contribution is 2.35. The maximum atomic E-state index is 11.3. The lowest BCUT2D eigenvalue weighted by Crippen LogP contribution is -2.12. The fourth-order valence-electron chi connectivity index (χ4n) is 2.86. The first-order chi connectivity index (χ1) is 13.5. The molecule has 0 radical (unpaired) electrons. The topological polar surface area (TPSA) is 85.3 Å². The molecule has 0 aliphatic rings. The minimum absolute atomic E-state index is 0.123. The summed E-state index contributed by atoms with van der Waals surface area (Å²) in [5.74, 6) is 0.346. The number of ether oxygens (including phenoxy) is 2. The van der Waals surface area contributed by atoms with Crippen LogP contribution in [0, 0.1) is 14.9 Å². The van der Waals surface area contributed by atoms with Crippen LogP contribution in [0.3, 0.4) is 0 Å². The molecule has 3 aromatic carbocycles. The van der Waals surface area contributed by atoms with Gasteiger partial charge >= 0.3 is 0 Å². The number of rotatable bonds is 6. The molecule has 1 amide bonds. The molecule has 28 heavy (non-hydrogen) atoms. The second kappa shape index (κ2) is 8.76. The standard InChI is InChI=1S/C22H17IN2O3/c1-27-20-11-14(9-17(12-24)22(25)26)10-19(23)21(20)28-13-16-7-4-6-15-5-2-3-8-18(15)16/h2-11H,13H2,1H3,(H2,25,26)/b17-9-. The van der Waals surface area contributed by atoms with Gasteiger partial charge in [0.1, 0.15) is 18.2 Å². The van der Waals surface area contributed by atoms with Crippen LogP contribution in [0.1, 0.15) is 11.1 Å². The van der Waals surface area contributed by atoms with Crippen molar-refractivity contribution in [2.75, 3.05) is 7.11 Å². The molecule has 0 heterocycles. The molecule has 0 saturated heterocycles. The van der Waals surface area contributed by atoms with E-state index in [1.165, 1.54) is 6.08 Å². The summed E-state index contributed by atoms with van der Waals surface area (Å²) in [5, 5.41) is 11.3. The third kappa shape index (κ3) is 4.26. The number of hydrogen-bond donors (Lipinski definition) is 1. The van der Waals surface area contributed by atoms with Crippen molar-refractivity contribution in [1.82, 2.24) is 0 Å². The summed E-state index contributed by atoms with van der Waals surface area (Å²) in [7, 11) is 1.54. The quantitative estimate of drug-likeness (QED) is 0.319. The number of amides is 1. The van der Waals surface area contributed by atoms with Crippen LogP contribution in [0.5, 0.6) is 11.5 Å². The minimum Gasteiger partial charge on any atom is -0.493 e. The van der Waals surface area contributed by atoms with E-state index in [9.17, 15) is 4.79 Å². The highest BCUT2D eigenvalue weighted by Gasteiger charge is 2.13. The van der Waals surface area contributed by atoms with E-state index in [2.05, 4.69) is 40.8 Å². The van der Waals surface area contributed by atoms with E-state index >= 15 is 0 Å². The molecule has 2 N–H and O–H groups in total. The maximum Gasteiger partial charge on any atom is 0.259 e. The second-order valence-corrected chi connectivity index (χ2v) is 7.16. The average Bonchev–Trinajstić information content (AvgIpc) is 2.70. The van der Waals surface area contributed by atoms with Gasteiger partial charge in [-0.1, -0.05) is 42.5 Å². The molecule has 0 unspecified atom stereocenters. The van der Waals surface area contributed by atoms with Gasteiger partial charge in [-0.3, -0.25) is 4.79 Å². The zero-order valence-corrected chi connectivity index (χ0v) is 17.3. The molecule has 3 rings (SSSR count). The lowest BCUT2D eigenvalue weighted by atomic mass is 10.1. The van der Waals surface area contributed by atoms with Crippen LogP contribution in [0.15, 0.2) is 60.2 Å². The molecule has 0 spiro atoms. The second-order valence-electron chi connectivity index (χ2n) is 6.00. The molecule has 0 aliphatic carbocycles. The molecular weight excluding hydrogens is 467 g/mol. The number of fused-ring (bicyclic) bond motifs is 1. The Labute approximate surface area is 176 Å². The number of halogens is 1. The molecular formula is C22H17IN2O3. The molecule has 6 heteroatoms. The van der Waals surface area contributed by atoms with Crippen LogP contribution in [0.2, 0.25) is 0 Å². The molecule has 0 aliphatic heterocycles. The van der Waals surface area contributed by atoms with Gasteiger partial charge in [0.15, 0.2) is 11.5 Å². The van der Waals surface area contributed by atoms with Crippen molar-refractivity contribution in [2.45, 2.75) is 6.61 Å². The van der Waals surface area contributed by atoms with E-state index in [1.54, 1.807) is 19.2 Å². The minimum atomic E-state index is -0.771. The Balaban J connectivity index is 1.92. The third-order valence-corrected chi connectivity index (χ3v) is 5.00. The molecule has 0 fully saturated rings. The fraction of sp³-hybridized carbons (Fsp3) is 0.0909. The SMILES string of the molecule is COc1cc(/C=C(/C#N)C(N)=O)cc(I)c1OCc1cccc2ccccc12. The molecule has 0 atom stereocenters. The lowest BCUT2D eigenvalue weighted by molar-refractivity contribution is -0.114. The van der Waals surface area contributed by atoms with E-state index in [4.69, 9.17) is 20.5 Å². The molecule has 3 aromatic rings. The summed E-state index contributed by atoms with van der Waals surface area (Å²) in [6.07, 6.45) is 1.43. The number of carbonyl (C=O) groups is 1. The summed E-state index contributed by atoms with van der Waals surface area (Å²) in [6.45, 7) is 0.383. The Morgan fingerprint density at radius 3 is 2.68 bits per heavy atom. The molecule has 0 aromatic heterocycles. The fourth-order valence-corrected chi connectivity index (χ4v) is 3.64. The number of nitrogens with two attached hydrogens (primary N) is 1. The van der Waals surface area contributed by atoms with Gasteiger partial charge in [-0.2, -0.15) is 5.26 Å². The van der Waals surface area contributed by atoms with Gasteiger partial charge < -0.3 is 15.2 Å². The van der Waals surface area contributed by atoms with Crippen LogP contribution in [-0.4, -0.2) is 13.0 Å². The van der Waals surface area contributed by atoms with E-state index in [0.29, 0.717) is 23.7 Å². The summed E-state index contributed by atoms with van der Waals surface area (Å²) >= 11 is 2.14. The Bertz CT molecular complexity index is 1110. The lowest BCUT2D eigenvalue weighted by Gasteiger charge is -2.15. The van der Waals surface area contributed by atoms with Crippen LogP contribution >= 0.6 is 22.6 Å². The number of benzene rings is 3. The third-order valence-electron chi connectivity index (χ3n) is 4.20. The number of nitrogens with zero attached hydrogens (tertiary/aromatic N) is 1. The predicted octanol–water partition coefficient (Wildman–Crippen LogP) is 4.42. The van der Waals surface area contributed by atoms with E-state index in [1.807, 2.05) is 30.3 Å². The van der Waals surface area contributed by atoms with Crippen molar-refractivity contribution in [2.24, 2.45) is 5.73 Å². The summed E-state index contributed by atoms with van der Waals surface area (Å²) in [6, 6.07) is 19.6. The van der Waals surface area contributed by atoms with Crippen molar-refractivity contribution in [3.63, 3.8) is 0 Å². The number of carbonyl (C=O) groups excluding carboxylic acids is 1. The number of nitriles is 1. The number of hydrogen-bond acceptors (Lipinski definition) is 4. The Morgan fingerprint density at radius 1 is 1.21 bits per heavy atom. The summed E-state index contributed by atoms with van der Waals surface area (Å²) in [5.41, 5.74) is 6.78. The number of primary amides is 1. The Morgan fingerprint density at radius 2 is 1.96 bits per heavy atom. The summed E-state index contributed by atoms with van der Waals surface area (Å²) < 4.78 is 12.3. The van der Waals surface area contributed by atoms with Crippen LogP contribution < -0.4 is 15.2 Å².